The highest BCUT2D eigenvalue weighted by molar-refractivity contribution is 6.27. The van der Waals surface area contributed by atoms with E-state index >= 15 is 0 Å². The third kappa shape index (κ3) is 2.53. The Morgan fingerprint density at radius 1 is 0.955 bits per heavy atom. The Morgan fingerprint density at radius 2 is 1.64 bits per heavy atom. The fourth-order valence-electron chi connectivity index (χ4n) is 2.75. The highest BCUT2D eigenvalue weighted by Gasteiger charge is 2.13. The van der Waals surface area contributed by atoms with Crippen LogP contribution in [0.4, 0.5) is 0 Å². The fraction of sp³-hybridized carbons (Fsp3) is 0.105. The number of allylic oxidation sites excluding steroid dienone is 2. The third-order valence-corrected chi connectivity index (χ3v) is 3.87. The van der Waals surface area contributed by atoms with E-state index in [9.17, 15) is 9.90 Å². The summed E-state index contributed by atoms with van der Waals surface area (Å²) in [4.78, 5) is 15.3. The largest absolute Gasteiger partial charge is 0.508 e. The number of aromatic amines is 1. The molecule has 0 aliphatic carbocycles. The van der Waals surface area contributed by atoms with Gasteiger partial charge in [-0.05, 0) is 66.3 Å². The number of carbonyl (C=O) groups is 1. The summed E-state index contributed by atoms with van der Waals surface area (Å²) in [5.74, 6) is 0.245. The zero-order valence-electron chi connectivity index (χ0n) is 12.6. The van der Waals surface area contributed by atoms with Gasteiger partial charge < -0.3 is 10.1 Å². The number of aromatic hydroxyl groups is 1. The third-order valence-electron chi connectivity index (χ3n) is 3.87. The van der Waals surface area contributed by atoms with E-state index in [1.165, 1.54) is 0 Å². The van der Waals surface area contributed by atoms with Crippen LogP contribution in [0.5, 0.6) is 5.75 Å². The number of phenolic OH excluding ortho intramolecular Hbond substituents is 1. The minimum Gasteiger partial charge on any atom is -0.508 e. The predicted molar refractivity (Wildman–Crippen MR) is 89.6 cm³/mol. The molecule has 0 unspecified atom stereocenters. The molecule has 110 valence electrons. The molecule has 0 amide bonds. The molecule has 0 aliphatic rings. The zero-order chi connectivity index (χ0) is 15.7. The molecule has 1 aromatic heterocycles. The molecule has 2 aromatic carbocycles. The number of hydrogen-bond donors (Lipinski definition) is 2. The number of aromatic nitrogens is 1. The van der Waals surface area contributed by atoms with Gasteiger partial charge in [-0.3, -0.25) is 4.79 Å². The zero-order valence-corrected chi connectivity index (χ0v) is 12.6. The molecule has 22 heavy (non-hydrogen) atoms. The van der Waals surface area contributed by atoms with Crippen molar-refractivity contribution in [3.63, 3.8) is 0 Å². The van der Waals surface area contributed by atoms with E-state index in [4.69, 9.17) is 0 Å². The van der Waals surface area contributed by atoms with Gasteiger partial charge >= 0.3 is 0 Å². The van der Waals surface area contributed by atoms with Gasteiger partial charge in [-0.25, -0.2) is 0 Å². The molecule has 3 nitrogen and oxygen atoms in total. The number of rotatable bonds is 3. The van der Waals surface area contributed by atoms with Gasteiger partial charge in [0.2, 0.25) is 0 Å². The van der Waals surface area contributed by atoms with Crippen LogP contribution in [0.1, 0.15) is 25.0 Å². The van der Waals surface area contributed by atoms with Crippen molar-refractivity contribution in [1.29, 1.82) is 0 Å². The standard InChI is InChI=1S/C19H17NO2/c1-12(14-3-6-17(22)7-4-14)19(13(2)21)16-5-8-18-15(11-16)9-10-20-18/h3-11,20,22H,1-2H3. The summed E-state index contributed by atoms with van der Waals surface area (Å²) < 4.78 is 0. The summed E-state index contributed by atoms with van der Waals surface area (Å²) in [7, 11) is 0. The van der Waals surface area contributed by atoms with Gasteiger partial charge in [0.1, 0.15) is 5.75 Å². The summed E-state index contributed by atoms with van der Waals surface area (Å²) >= 11 is 0. The Labute approximate surface area is 128 Å². The summed E-state index contributed by atoms with van der Waals surface area (Å²) in [6.07, 6.45) is 1.89. The van der Waals surface area contributed by atoms with E-state index in [0.29, 0.717) is 5.57 Å². The summed E-state index contributed by atoms with van der Waals surface area (Å²) in [5.41, 5.74) is 4.49. The van der Waals surface area contributed by atoms with Gasteiger partial charge in [0.15, 0.2) is 5.78 Å². The van der Waals surface area contributed by atoms with Crippen LogP contribution in [-0.4, -0.2) is 15.9 Å². The van der Waals surface area contributed by atoms with Gasteiger partial charge in [0.25, 0.3) is 0 Å². The number of carbonyl (C=O) groups excluding carboxylic acids is 1. The van der Waals surface area contributed by atoms with Gasteiger partial charge in [0, 0.05) is 17.3 Å². The molecule has 0 atom stereocenters. The smallest absolute Gasteiger partial charge is 0.160 e. The number of ketones is 1. The van der Waals surface area contributed by atoms with Crippen LogP contribution < -0.4 is 0 Å². The number of phenols is 1. The van der Waals surface area contributed by atoms with Crippen molar-refractivity contribution in [1.82, 2.24) is 4.98 Å². The number of hydrogen-bond acceptors (Lipinski definition) is 2. The minimum atomic E-state index is 0.0282. The molecule has 0 saturated heterocycles. The SMILES string of the molecule is CC(=O)C(=C(C)c1ccc(O)cc1)c1ccc2[nH]ccc2c1. The molecule has 3 rings (SSSR count). The Bertz CT molecular complexity index is 870. The van der Waals surface area contributed by atoms with E-state index in [1.807, 2.05) is 49.5 Å². The Hall–Kier alpha value is -2.81. The molecule has 0 radical (unpaired) electrons. The first-order valence-corrected chi connectivity index (χ1v) is 7.15. The predicted octanol–water partition coefficient (Wildman–Crippen LogP) is 4.39. The Kier molecular flexibility index (Phi) is 3.55. The minimum absolute atomic E-state index is 0.0282. The normalized spacial score (nSPS) is 12.3. The molecule has 1 heterocycles. The van der Waals surface area contributed by atoms with Crippen LogP contribution in [0.3, 0.4) is 0 Å². The first-order chi connectivity index (χ1) is 10.6. The molecular weight excluding hydrogens is 274 g/mol. The maximum atomic E-state index is 12.2. The summed E-state index contributed by atoms with van der Waals surface area (Å²) in [6, 6.07) is 14.9. The maximum absolute atomic E-state index is 12.2. The van der Waals surface area contributed by atoms with Crippen LogP contribution in [0, 0.1) is 0 Å². The van der Waals surface area contributed by atoms with Crippen molar-refractivity contribution in [3.05, 3.63) is 65.9 Å². The van der Waals surface area contributed by atoms with E-state index < -0.39 is 0 Å². The van der Waals surface area contributed by atoms with Gasteiger partial charge in [0.05, 0.1) is 0 Å². The van der Waals surface area contributed by atoms with Gasteiger partial charge in [-0.1, -0.05) is 18.2 Å². The highest BCUT2D eigenvalue weighted by Crippen LogP contribution is 2.29. The lowest BCUT2D eigenvalue weighted by atomic mass is 9.92. The van der Waals surface area contributed by atoms with Crippen LogP contribution >= 0.6 is 0 Å². The second kappa shape index (κ2) is 5.53. The number of fused-ring (bicyclic) bond motifs is 1. The molecule has 3 aromatic rings. The van der Waals surface area contributed by atoms with Crippen LogP contribution in [0.2, 0.25) is 0 Å². The second-order valence-electron chi connectivity index (χ2n) is 5.38. The maximum Gasteiger partial charge on any atom is 0.160 e. The van der Waals surface area contributed by atoms with Crippen molar-refractivity contribution in [2.75, 3.05) is 0 Å². The van der Waals surface area contributed by atoms with Crippen molar-refractivity contribution in [2.24, 2.45) is 0 Å². The van der Waals surface area contributed by atoms with Crippen molar-refractivity contribution in [2.45, 2.75) is 13.8 Å². The van der Waals surface area contributed by atoms with Crippen LogP contribution in [-0.2, 0) is 4.79 Å². The molecule has 0 aliphatic heterocycles. The lowest BCUT2D eigenvalue weighted by Gasteiger charge is -2.11. The van der Waals surface area contributed by atoms with E-state index in [0.717, 1.165) is 27.6 Å². The molecule has 2 N–H and O–H groups in total. The van der Waals surface area contributed by atoms with Crippen LogP contribution in [0.15, 0.2) is 54.7 Å². The lowest BCUT2D eigenvalue weighted by molar-refractivity contribution is -0.111. The van der Waals surface area contributed by atoms with E-state index in [2.05, 4.69) is 4.98 Å². The Balaban J connectivity index is 2.17. The molecular formula is C19H17NO2. The van der Waals surface area contributed by atoms with Crippen molar-refractivity contribution in [3.8, 4) is 5.75 Å². The second-order valence-corrected chi connectivity index (χ2v) is 5.38. The summed E-state index contributed by atoms with van der Waals surface area (Å²) in [6.45, 7) is 3.52. The quantitative estimate of drug-likeness (QED) is 0.555. The monoisotopic (exact) mass is 291 g/mol. The van der Waals surface area contributed by atoms with E-state index in [1.54, 1.807) is 19.1 Å². The highest BCUT2D eigenvalue weighted by atomic mass is 16.3. The number of benzene rings is 2. The molecule has 0 saturated carbocycles. The average Bonchev–Trinajstić information content (AvgIpc) is 2.95. The topological polar surface area (TPSA) is 53.1 Å². The first kappa shape index (κ1) is 14.1. The average molecular weight is 291 g/mol. The molecule has 0 bridgehead atoms. The number of Topliss-reactive ketones (excluding diaryl/α,β-unsaturated/α-hetero) is 1. The number of nitrogens with one attached hydrogen (secondary N) is 1. The fourth-order valence-corrected chi connectivity index (χ4v) is 2.75. The molecule has 0 spiro atoms. The van der Waals surface area contributed by atoms with Crippen LogP contribution in [0.25, 0.3) is 22.0 Å². The lowest BCUT2D eigenvalue weighted by Crippen LogP contribution is -1.99. The molecule has 3 heteroatoms. The van der Waals surface area contributed by atoms with Crippen molar-refractivity contribution < 1.29 is 9.90 Å². The van der Waals surface area contributed by atoms with E-state index in [-0.39, 0.29) is 11.5 Å². The molecule has 0 fully saturated rings. The van der Waals surface area contributed by atoms with Gasteiger partial charge in [-0.2, -0.15) is 0 Å². The Morgan fingerprint density at radius 3 is 2.32 bits per heavy atom. The number of H-pyrrole nitrogens is 1. The first-order valence-electron chi connectivity index (χ1n) is 7.15. The van der Waals surface area contributed by atoms with Gasteiger partial charge in [-0.15, -0.1) is 0 Å². The summed E-state index contributed by atoms with van der Waals surface area (Å²) in [5, 5.41) is 10.5. The van der Waals surface area contributed by atoms with Crippen molar-refractivity contribution >= 4 is 27.8 Å².